The highest BCUT2D eigenvalue weighted by Gasteiger charge is 2.15. The normalized spacial score (nSPS) is 10.3. The molecule has 2 aromatic carbocycles. The molecule has 0 amide bonds. The van der Waals surface area contributed by atoms with Gasteiger partial charge in [0.1, 0.15) is 5.75 Å². The van der Waals surface area contributed by atoms with E-state index in [1.54, 1.807) is 31.4 Å². The van der Waals surface area contributed by atoms with Crippen LogP contribution in [-0.4, -0.2) is 12.9 Å². The van der Waals surface area contributed by atoms with Crippen molar-refractivity contribution in [2.45, 2.75) is 6.92 Å². The second kappa shape index (κ2) is 5.76. The Bertz CT molecular complexity index is 638. The molecule has 0 heterocycles. The maximum atomic E-state index is 12.5. The summed E-state index contributed by atoms with van der Waals surface area (Å²) >= 11 is 9.25. The zero-order valence-corrected chi connectivity index (χ0v) is 12.9. The minimum atomic E-state index is -0.0853. The van der Waals surface area contributed by atoms with Crippen LogP contribution in [0.3, 0.4) is 0 Å². The Hall–Kier alpha value is -1.32. The first-order valence-electron chi connectivity index (χ1n) is 5.67. The second-order valence-electron chi connectivity index (χ2n) is 4.16. The van der Waals surface area contributed by atoms with E-state index in [0.29, 0.717) is 26.4 Å². The molecule has 0 fully saturated rings. The minimum Gasteiger partial charge on any atom is -0.496 e. The van der Waals surface area contributed by atoms with Gasteiger partial charge in [0.25, 0.3) is 0 Å². The molecule has 0 aliphatic carbocycles. The number of benzene rings is 2. The molecule has 2 aromatic rings. The van der Waals surface area contributed by atoms with Crippen LogP contribution in [0.25, 0.3) is 0 Å². The fraction of sp³-hybridized carbons (Fsp3) is 0.133. The lowest BCUT2D eigenvalue weighted by Crippen LogP contribution is -2.04. The van der Waals surface area contributed by atoms with Crippen molar-refractivity contribution in [3.05, 3.63) is 62.6 Å². The molecular formula is C15H12BrClO2. The van der Waals surface area contributed by atoms with Gasteiger partial charge in [-0.25, -0.2) is 0 Å². The summed E-state index contributed by atoms with van der Waals surface area (Å²) in [5.41, 5.74) is 2.13. The Labute approximate surface area is 125 Å². The van der Waals surface area contributed by atoms with Gasteiger partial charge in [0.2, 0.25) is 0 Å². The van der Waals surface area contributed by atoms with E-state index in [0.717, 1.165) is 5.56 Å². The lowest BCUT2D eigenvalue weighted by atomic mass is 10.0. The maximum Gasteiger partial charge on any atom is 0.196 e. The molecule has 2 rings (SSSR count). The van der Waals surface area contributed by atoms with Crippen LogP contribution in [0.15, 0.2) is 40.9 Å². The molecule has 0 saturated heterocycles. The highest BCUT2D eigenvalue weighted by Crippen LogP contribution is 2.27. The highest BCUT2D eigenvalue weighted by molar-refractivity contribution is 9.10. The number of rotatable bonds is 3. The molecule has 0 atom stereocenters. The predicted octanol–water partition coefficient (Wildman–Crippen LogP) is 4.65. The third-order valence-corrected chi connectivity index (χ3v) is 4.00. The lowest BCUT2D eigenvalue weighted by Gasteiger charge is -2.09. The van der Waals surface area contributed by atoms with Crippen LogP contribution in [0.4, 0.5) is 0 Å². The van der Waals surface area contributed by atoms with E-state index in [1.165, 1.54) is 0 Å². The van der Waals surface area contributed by atoms with Crippen molar-refractivity contribution in [1.82, 2.24) is 0 Å². The molecule has 0 aromatic heterocycles. The van der Waals surface area contributed by atoms with E-state index in [9.17, 15) is 4.79 Å². The average molecular weight is 340 g/mol. The Morgan fingerprint density at radius 2 is 1.95 bits per heavy atom. The van der Waals surface area contributed by atoms with Crippen molar-refractivity contribution in [1.29, 1.82) is 0 Å². The van der Waals surface area contributed by atoms with Crippen LogP contribution in [0.2, 0.25) is 5.02 Å². The quantitative estimate of drug-likeness (QED) is 0.761. The van der Waals surface area contributed by atoms with Gasteiger partial charge < -0.3 is 4.74 Å². The average Bonchev–Trinajstić information content (AvgIpc) is 2.41. The van der Waals surface area contributed by atoms with Gasteiger partial charge in [0, 0.05) is 10.0 Å². The van der Waals surface area contributed by atoms with E-state index in [1.807, 2.05) is 19.1 Å². The smallest absolute Gasteiger partial charge is 0.196 e. The van der Waals surface area contributed by atoms with Gasteiger partial charge in [-0.1, -0.05) is 23.2 Å². The zero-order chi connectivity index (χ0) is 14.0. The number of carbonyl (C=O) groups excluding carboxylic acids is 1. The van der Waals surface area contributed by atoms with Crippen LogP contribution in [0, 0.1) is 6.92 Å². The molecule has 4 heteroatoms. The number of hydrogen-bond donors (Lipinski definition) is 0. The zero-order valence-electron chi connectivity index (χ0n) is 10.5. The summed E-state index contributed by atoms with van der Waals surface area (Å²) in [4.78, 5) is 12.5. The van der Waals surface area contributed by atoms with Crippen LogP contribution >= 0.6 is 27.5 Å². The fourth-order valence-corrected chi connectivity index (χ4v) is 2.29. The monoisotopic (exact) mass is 338 g/mol. The molecule has 0 aliphatic heterocycles. The topological polar surface area (TPSA) is 26.3 Å². The first-order valence-corrected chi connectivity index (χ1v) is 6.84. The summed E-state index contributed by atoms with van der Waals surface area (Å²) < 4.78 is 5.94. The van der Waals surface area contributed by atoms with Gasteiger partial charge in [-0.15, -0.1) is 0 Å². The standard InChI is InChI=1S/C15H12BrClO2/c1-9-3-6-14(19-2)11(7-9)15(18)10-4-5-13(17)12(16)8-10/h3-8H,1-2H3. The number of ether oxygens (including phenoxy) is 1. The van der Waals surface area contributed by atoms with E-state index >= 15 is 0 Å². The molecule has 0 saturated carbocycles. The fourth-order valence-electron chi connectivity index (χ4n) is 1.79. The molecule has 0 N–H and O–H groups in total. The van der Waals surface area contributed by atoms with Gasteiger partial charge in [0.15, 0.2) is 5.78 Å². The van der Waals surface area contributed by atoms with Crippen molar-refractivity contribution >= 4 is 33.3 Å². The molecule has 98 valence electrons. The van der Waals surface area contributed by atoms with E-state index < -0.39 is 0 Å². The predicted molar refractivity (Wildman–Crippen MR) is 80.3 cm³/mol. The van der Waals surface area contributed by atoms with Gasteiger partial charge in [-0.2, -0.15) is 0 Å². The van der Waals surface area contributed by atoms with Crippen LogP contribution in [0.1, 0.15) is 21.5 Å². The molecule has 19 heavy (non-hydrogen) atoms. The van der Waals surface area contributed by atoms with Gasteiger partial charge in [-0.3, -0.25) is 4.79 Å². The van der Waals surface area contributed by atoms with Gasteiger partial charge in [0.05, 0.1) is 17.7 Å². The maximum absolute atomic E-state index is 12.5. The minimum absolute atomic E-state index is 0.0853. The van der Waals surface area contributed by atoms with Gasteiger partial charge >= 0.3 is 0 Å². The number of halogens is 2. The summed E-state index contributed by atoms with van der Waals surface area (Å²) in [7, 11) is 1.55. The number of carbonyl (C=O) groups is 1. The largest absolute Gasteiger partial charge is 0.496 e. The third kappa shape index (κ3) is 2.99. The first-order chi connectivity index (χ1) is 9.02. The van der Waals surface area contributed by atoms with Gasteiger partial charge in [-0.05, 0) is 53.2 Å². The first kappa shape index (κ1) is 14.1. The SMILES string of the molecule is COc1ccc(C)cc1C(=O)c1ccc(Cl)c(Br)c1. The Morgan fingerprint density at radius 3 is 2.58 bits per heavy atom. The summed E-state index contributed by atoms with van der Waals surface area (Å²) in [6.07, 6.45) is 0. The van der Waals surface area contributed by atoms with Crippen LogP contribution < -0.4 is 4.74 Å². The molecule has 2 nitrogen and oxygen atoms in total. The molecule has 0 radical (unpaired) electrons. The lowest BCUT2D eigenvalue weighted by molar-refractivity contribution is 0.103. The van der Waals surface area contributed by atoms with Crippen molar-refractivity contribution in [3.63, 3.8) is 0 Å². The van der Waals surface area contributed by atoms with Crippen LogP contribution in [-0.2, 0) is 0 Å². The Morgan fingerprint density at radius 1 is 1.21 bits per heavy atom. The highest BCUT2D eigenvalue weighted by atomic mass is 79.9. The number of aryl methyl sites for hydroxylation is 1. The summed E-state index contributed by atoms with van der Waals surface area (Å²) in [5.74, 6) is 0.486. The third-order valence-electron chi connectivity index (χ3n) is 2.78. The van der Waals surface area contributed by atoms with E-state index in [4.69, 9.17) is 16.3 Å². The molecule has 0 spiro atoms. The molecular weight excluding hydrogens is 328 g/mol. The summed E-state index contributed by atoms with van der Waals surface area (Å²) in [5, 5.41) is 0.577. The molecule has 0 unspecified atom stereocenters. The van der Waals surface area contributed by atoms with Crippen LogP contribution in [0.5, 0.6) is 5.75 Å². The van der Waals surface area contributed by atoms with Crippen molar-refractivity contribution < 1.29 is 9.53 Å². The number of methoxy groups -OCH3 is 1. The van der Waals surface area contributed by atoms with Crippen molar-refractivity contribution in [2.24, 2.45) is 0 Å². The van der Waals surface area contributed by atoms with E-state index in [2.05, 4.69) is 15.9 Å². The summed E-state index contributed by atoms with van der Waals surface area (Å²) in [6.45, 7) is 1.94. The van der Waals surface area contributed by atoms with Crippen molar-refractivity contribution in [3.8, 4) is 5.75 Å². The second-order valence-corrected chi connectivity index (χ2v) is 5.42. The Kier molecular flexibility index (Phi) is 4.27. The number of ketones is 1. The van der Waals surface area contributed by atoms with E-state index in [-0.39, 0.29) is 5.78 Å². The number of hydrogen-bond acceptors (Lipinski definition) is 2. The van der Waals surface area contributed by atoms with Crippen molar-refractivity contribution in [2.75, 3.05) is 7.11 Å². The molecule has 0 aliphatic rings. The molecule has 0 bridgehead atoms. The summed E-state index contributed by atoms with van der Waals surface area (Å²) in [6, 6.07) is 10.6. The Balaban J connectivity index is 2.49.